The van der Waals surface area contributed by atoms with Crippen LogP contribution in [0, 0.1) is 5.41 Å². The Balaban J connectivity index is 1.95. The van der Waals surface area contributed by atoms with Crippen LogP contribution in [0.3, 0.4) is 0 Å². The minimum atomic E-state index is -0.339. The monoisotopic (exact) mass is 277 g/mol. The zero-order valence-corrected chi connectivity index (χ0v) is 11.6. The fourth-order valence-electron chi connectivity index (χ4n) is 1.78. The van der Waals surface area contributed by atoms with E-state index in [1.165, 1.54) is 0 Å². The van der Waals surface area contributed by atoms with Crippen molar-refractivity contribution in [3.05, 3.63) is 24.4 Å². The number of pyridine rings is 1. The van der Waals surface area contributed by atoms with Crippen LogP contribution < -0.4 is 10.6 Å². The number of aliphatic hydroxyl groups excluding tert-OH is 1. The number of nitrogens with zero attached hydrogens (tertiary/aromatic N) is 3. The van der Waals surface area contributed by atoms with Gasteiger partial charge in [-0.2, -0.15) is 0 Å². The average molecular weight is 277 g/mol. The summed E-state index contributed by atoms with van der Waals surface area (Å²) in [5, 5.41) is 22.2. The Labute approximate surface area is 117 Å². The number of hydrogen-bond acceptors (Lipinski definition) is 4. The molecule has 2 amide bonds. The topological polar surface area (TPSA) is 91.5 Å². The Hall–Kier alpha value is -2.15. The third-order valence-electron chi connectivity index (χ3n) is 3.06. The van der Waals surface area contributed by atoms with E-state index in [0.29, 0.717) is 24.6 Å². The molecular weight excluding hydrogens is 258 g/mol. The third kappa shape index (κ3) is 3.45. The van der Waals surface area contributed by atoms with E-state index in [4.69, 9.17) is 5.11 Å². The van der Waals surface area contributed by atoms with Gasteiger partial charge in [-0.1, -0.05) is 19.9 Å². The smallest absolute Gasteiger partial charge is 0.321 e. The predicted octanol–water partition coefficient (Wildman–Crippen LogP) is 1.26. The van der Waals surface area contributed by atoms with E-state index in [2.05, 4.69) is 20.8 Å². The Morgan fingerprint density at radius 1 is 1.40 bits per heavy atom. The van der Waals surface area contributed by atoms with E-state index >= 15 is 0 Å². The molecule has 0 bridgehead atoms. The summed E-state index contributed by atoms with van der Waals surface area (Å²) in [6, 6.07) is 5.16. The lowest BCUT2D eigenvalue weighted by molar-refractivity contribution is 0.204. The van der Waals surface area contributed by atoms with Crippen LogP contribution in [0.5, 0.6) is 0 Å². The molecule has 0 aliphatic rings. The summed E-state index contributed by atoms with van der Waals surface area (Å²) >= 11 is 0. The van der Waals surface area contributed by atoms with Gasteiger partial charge in [0, 0.05) is 19.3 Å². The van der Waals surface area contributed by atoms with Crippen molar-refractivity contribution in [2.24, 2.45) is 5.41 Å². The normalized spacial score (nSPS) is 11.6. The molecule has 0 saturated carbocycles. The number of nitrogens with one attached hydrogen (secondary N) is 2. The molecule has 0 aliphatic heterocycles. The minimum absolute atomic E-state index is 0.102. The zero-order chi connectivity index (χ0) is 14.6. The predicted molar refractivity (Wildman–Crippen MR) is 75.5 cm³/mol. The van der Waals surface area contributed by atoms with Crippen molar-refractivity contribution in [2.75, 3.05) is 18.5 Å². The Morgan fingerprint density at radius 2 is 2.20 bits per heavy atom. The van der Waals surface area contributed by atoms with Gasteiger partial charge in [0.25, 0.3) is 0 Å². The molecule has 0 unspecified atom stereocenters. The van der Waals surface area contributed by atoms with Crippen LogP contribution in [0.25, 0.3) is 5.65 Å². The van der Waals surface area contributed by atoms with E-state index in [1.807, 2.05) is 26.0 Å². The molecule has 2 rings (SSSR count). The summed E-state index contributed by atoms with van der Waals surface area (Å²) in [6.07, 6.45) is 2.40. The number of aromatic nitrogens is 3. The van der Waals surface area contributed by atoms with Gasteiger partial charge < -0.3 is 10.4 Å². The molecule has 0 aliphatic carbocycles. The average Bonchev–Trinajstić information content (AvgIpc) is 2.80. The number of carbonyl (C=O) groups excluding carboxylic acids is 1. The first kappa shape index (κ1) is 14.3. The molecule has 0 saturated heterocycles. The molecule has 0 radical (unpaired) electrons. The molecule has 108 valence electrons. The summed E-state index contributed by atoms with van der Waals surface area (Å²) in [7, 11) is 0. The standard InChI is InChI=1S/C13H19N5O2/c1-13(2,6-8-19)9-14-12(20)15-11-17-16-10-5-3-4-7-18(10)11/h3-5,7,19H,6,8-9H2,1-2H3,(H2,14,15,17,20). The first-order valence-corrected chi connectivity index (χ1v) is 6.47. The highest BCUT2D eigenvalue weighted by Gasteiger charge is 2.18. The summed E-state index contributed by atoms with van der Waals surface area (Å²) in [5.74, 6) is 0.373. The van der Waals surface area contributed by atoms with E-state index < -0.39 is 0 Å². The lowest BCUT2D eigenvalue weighted by Gasteiger charge is -2.23. The van der Waals surface area contributed by atoms with Gasteiger partial charge in [0.1, 0.15) is 0 Å². The molecule has 7 nitrogen and oxygen atoms in total. The molecule has 2 aromatic heterocycles. The maximum absolute atomic E-state index is 11.8. The van der Waals surface area contributed by atoms with Crippen molar-refractivity contribution in [1.82, 2.24) is 19.9 Å². The van der Waals surface area contributed by atoms with Gasteiger partial charge in [-0.05, 0) is 24.0 Å². The second-order valence-corrected chi connectivity index (χ2v) is 5.40. The third-order valence-corrected chi connectivity index (χ3v) is 3.06. The van der Waals surface area contributed by atoms with Crippen molar-refractivity contribution < 1.29 is 9.90 Å². The minimum Gasteiger partial charge on any atom is -0.396 e. The largest absolute Gasteiger partial charge is 0.396 e. The number of anilines is 1. The van der Waals surface area contributed by atoms with E-state index in [-0.39, 0.29) is 18.1 Å². The zero-order valence-electron chi connectivity index (χ0n) is 11.6. The van der Waals surface area contributed by atoms with Crippen LogP contribution in [0.15, 0.2) is 24.4 Å². The Kier molecular flexibility index (Phi) is 4.19. The number of fused-ring (bicyclic) bond motifs is 1. The number of amides is 2. The molecule has 2 heterocycles. The van der Waals surface area contributed by atoms with Crippen LogP contribution in [0.2, 0.25) is 0 Å². The van der Waals surface area contributed by atoms with Crippen LogP contribution in [0.1, 0.15) is 20.3 Å². The second kappa shape index (κ2) is 5.87. The van der Waals surface area contributed by atoms with Gasteiger partial charge in [-0.15, -0.1) is 10.2 Å². The van der Waals surface area contributed by atoms with Gasteiger partial charge >= 0.3 is 6.03 Å². The number of hydrogen-bond donors (Lipinski definition) is 3. The van der Waals surface area contributed by atoms with Gasteiger partial charge in [0.15, 0.2) is 5.65 Å². The van der Waals surface area contributed by atoms with Crippen LogP contribution in [0.4, 0.5) is 10.7 Å². The SMILES string of the molecule is CC(C)(CCO)CNC(=O)Nc1nnc2ccccn12. The highest BCUT2D eigenvalue weighted by atomic mass is 16.3. The summed E-state index contributed by atoms with van der Waals surface area (Å²) < 4.78 is 1.69. The number of aliphatic hydroxyl groups is 1. The van der Waals surface area contributed by atoms with Gasteiger partial charge in [0.05, 0.1) is 0 Å². The van der Waals surface area contributed by atoms with Crippen molar-refractivity contribution in [2.45, 2.75) is 20.3 Å². The van der Waals surface area contributed by atoms with Crippen LogP contribution in [-0.2, 0) is 0 Å². The van der Waals surface area contributed by atoms with Crippen LogP contribution >= 0.6 is 0 Å². The summed E-state index contributed by atoms with van der Waals surface area (Å²) in [4.78, 5) is 11.8. The molecule has 3 N–H and O–H groups in total. The van der Waals surface area contributed by atoms with Gasteiger partial charge in [0.2, 0.25) is 5.95 Å². The summed E-state index contributed by atoms with van der Waals surface area (Å²) in [6.45, 7) is 4.53. The van der Waals surface area contributed by atoms with Crippen molar-refractivity contribution >= 4 is 17.6 Å². The molecular formula is C13H19N5O2. The highest BCUT2D eigenvalue weighted by molar-refractivity contribution is 5.87. The van der Waals surface area contributed by atoms with Crippen molar-refractivity contribution in [3.63, 3.8) is 0 Å². The van der Waals surface area contributed by atoms with E-state index in [9.17, 15) is 4.79 Å². The fourth-order valence-corrected chi connectivity index (χ4v) is 1.78. The van der Waals surface area contributed by atoms with Gasteiger partial charge in [-0.25, -0.2) is 4.79 Å². The molecule has 2 aromatic rings. The summed E-state index contributed by atoms with van der Waals surface area (Å²) in [5.41, 5.74) is 0.516. The van der Waals surface area contributed by atoms with Gasteiger partial charge in [-0.3, -0.25) is 9.72 Å². The number of carbonyl (C=O) groups is 1. The first-order chi connectivity index (χ1) is 9.52. The Morgan fingerprint density at radius 3 is 2.95 bits per heavy atom. The molecule has 0 aromatic carbocycles. The Bertz CT molecular complexity index is 593. The molecule has 0 spiro atoms. The van der Waals surface area contributed by atoms with Crippen LogP contribution in [-0.4, -0.2) is 38.9 Å². The van der Waals surface area contributed by atoms with Crippen molar-refractivity contribution in [3.8, 4) is 0 Å². The molecule has 0 atom stereocenters. The lowest BCUT2D eigenvalue weighted by atomic mass is 9.90. The van der Waals surface area contributed by atoms with Crippen molar-refractivity contribution in [1.29, 1.82) is 0 Å². The van der Waals surface area contributed by atoms with E-state index in [0.717, 1.165) is 0 Å². The van der Waals surface area contributed by atoms with E-state index in [1.54, 1.807) is 16.7 Å². The lowest BCUT2D eigenvalue weighted by Crippen LogP contribution is -2.37. The number of rotatable bonds is 5. The highest BCUT2D eigenvalue weighted by Crippen LogP contribution is 2.18. The maximum atomic E-state index is 11.8. The molecule has 20 heavy (non-hydrogen) atoms. The molecule has 0 fully saturated rings. The fraction of sp³-hybridized carbons (Fsp3) is 0.462. The quantitative estimate of drug-likeness (QED) is 0.767. The maximum Gasteiger partial charge on any atom is 0.321 e. The number of urea groups is 1. The second-order valence-electron chi connectivity index (χ2n) is 5.40. The molecule has 7 heteroatoms. The first-order valence-electron chi connectivity index (χ1n) is 6.47.